The van der Waals surface area contributed by atoms with Crippen molar-refractivity contribution in [2.45, 2.75) is 13.8 Å². The van der Waals surface area contributed by atoms with Gasteiger partial charge in [-0.1, -0.05) is 0 Å². The molecule has 4 heteroatoms. The number of nitrogens with one attached hydrogen (secondary N) is 1. The van der Waals surface area contributed by atoms with Crippen LogP contribution in [0.2, 0.25) is 0 Å². The molecule has 0 radical (unpaired) electrons. The summed E-state index contributed by atoms with van der Waals surface area (Å²) in [6.45, 7) is 4.50. The Kier molecular flexibility index (Phi) is 4.24. The molecule has 0 amide bonds. The summed E-state index contributed by atoms with van der Waals surface area (Å²) < 4.78 is 5.79. The lowest BCUT2D eigenvalue weighted by atomic mass is 10.1. The fraction of sp³-hybridized carbons (Fsp3) is 0.158. The molecule has 2 aromatic carbocycles. The van der Waals surface area contributed by atoms with Gasteiger partial charge in [-0.3, -0.25) is 4.79 Å². The van der Waals surface area contributed by atoms with Gasteiger partial charge in [0.05, 0.1) is 5.52 Å². The molecule has 0 saturated carbocycles. The molecule has 0 bridgehead atoms. The predicted octanol–water partition coefficient (Wildman–Crippen LogP) is 4.66. The normalized spacial score (nSPS) is 10.5. The number of pyridine rings is 1. The van der Waals surface area contributed by atoms with Crippen LogP contribution in [0, 0.1) is 0 Å². The van der Waals surface area contributed by atoms with Crippen LogP contribution < -0.4 is 10.1 Å². The van der Waals surface area contributed by atoms with Gasteiger partial charge < -0.3 is 10.1 Å². The lowest BCUT2D eigenvalue weighted by Crippen LogP contribution is -1.96. The lowest BCUT2D eigenvalue weighted by molar-refractivity contribution is 0.101. The standard InChI is InChI=1S/C19H18N2O2/c1-3-20-16-6-8-17(9-7-16)23-19-11-5-15-12-14(13(2)22)4-10-18(15)21-19/h4-12,20H,3H2,1-2H3. The third-order valence-corrected chi connectivity index (χ3v) is 3.53. The number of ether oxygens (including phenoxy) is 1. The van der Waals surface area contributed by atoms with Crippen LogP contribution >= 0.6 is 0 Å². The molecule has 1 N–H and O–H groups in total. The average molecular weight is 306 g/mol. The van der Waals surface area contributed by atoms with Gasteiger partial charge in [-0.05, 0) is 62.4 Å². The van der Waals surface area contributed by atoms with Crippen molar-refractivity contribution in [3.8, 4) is 11.6 Å². The van der Waals surface area contributed by atoms with Crippen LogP contribution in [0.5, 0.6) is 11.6 Å². The number of nitrogens with zero attached hydrogens (tertiary/aromatic N) is 1. The van der Waals surface area contributed by atoms with E-state index in [0.29, 0.717) is 11.4 Å². The van der Waals surface area contributed by atoms with Crippen molar-refractivity contribution in [2.24, 2.45) is 0 Å². The molecule has 116 valence electrons. The molecule has 0 aliphatic rings. The second-order valence-electron chi connectivity index (χ2n) is 5.27. The summed E-state index contributed by atoms with van der Waals surface area (Å²) in [7, 11) is 0. The summed E-state index contributed by atoms with van der Waals surface area (Å²) >= 11 is 0. The molecule has 4 nitrogen and oxygen atoms in total. The number of hydrogen-bond acceptors (Lipinski definition) is 4. The highest BCUT2D eigenvalue weighted by Crippen LogP contribution is 2.24. The minimum absolute atomic E-state index is 0.0491. The van der Waals surface area contributed by atoms with E-state index >= 15 is 0 Å². The van der Waals surface area contributed by atoms with E-state index in [1.165, 1.54) is 0 Å². The first-order valence-corrected chi connectivity index (χ1v) is 7.59. The Morgan fingerprint density at radius 3 is 2.57 bits per heavy atom. The Hall–Kier alpha value is -2.88. The van der Waals surface area contributed by atoms with Crippen LogP contribution in [0.3, 0.4) is 0 Å². The van der Waals surface area contributed by atoms with E-state index in [4.69, 9.17) is 4.74 Å². The summed E-state index contributed by atoms with van der Waals surface area (Å²) in [4.78, 5) is 15.9. The number of rotatable bonds is 5. The van der Waals surface area contributed by atoms with Crippen LogP contribution in [0.4, 0.5) is 5.69 Å². The Bertz CT molecular complexity index is 842. The Labute approximate surface area is 135 Å². The van der Waals surface area contributed by atoms with Crippen LogP contribution in [0.15, 0.2) is 54.6 Å². The topological polar surface area (TPSA) is 51.2 Å². The summed E-state index contributed by atoms with van der Waals surface area (Å²) in [5, 5.41) is 4.16. The zero-order valence-corrected chi connectivity index (χ0v) is 13.2. The lowest BCUT2D eigenvalue weighted by Gasteiger charge is -2.08. The van der Waals surface area contributed by atoms with Gasteiger partial charge in [-0.15, -0.1) is 0 Å². The van der Waals surface area contributed by atoms with Crippen LogP contribution in [-0.4, -0.2) is 17.3 Å². The fourth-order valence-corrected chi connectivity index (χ4v) is 2.35. The van der Waals surface area contributed by atoms with Crippen molar-refractivity contribution < 1.29 is 9.53 Å². The number of anilines is 1. The number of hydrogen-bond donors (Lipinski definition) is 1. The number of ketones is 1. The van der Waals surface area contributed by atoms with E-state index in [1.54, 1.807) is 13.0 Å². The van der Waals surface area contributed by atoms with Crippen molar-refractivity contribution in [1.82, 2.24) is 4.98 Å². The number of fused-ring (bicyclic) bond motifs is 1. The quantitative estimate of drug-likeness (QED) is 0.696. The summed E-state index contributed by atoms with van der Waals surface area (Å²) in [5.74, 6) is 1.32. The van der Waals surface area contributed by atoms with E-state index in [2.05, 4.69) is 17.2 Å². The van der Waals surface area contributed by atoms with Gasteiger partial charge in [0.15, 0.2) is 5.78 Å². The highest BCUT2D eigenvalue weighted by atomic mass is 16.5. The number of carbonyl (C=O) groups is 1. The summed E-state index contributed by atoms with van der Waals surface area (Å²) in [5.41, 5.74) is 2.55. The maximum atomic E-state index is 11.4. The zero-order valence-electron chi connectivity index (χ0n) is 13.2. The second kappa shape index (κ2) is 6.48. The first kappa shape index (κ1) is 15.0. The van der Waals surface area contributed by atoms with Crippen LogP contribution in [-0.2, 0) is 0 Å². The van der Waals surface area contributed by atoms with E-state index < -0.39 is 0 Å². The number of benzene rings is 2. The third kappa shape index (κ3) is 3.48. The Balaban J connectivity index is 1.82. The molecule has 23 heavy (non-hydrogen) atoms. The molecule has 0 saturated heterocycles. The molecule has 0 aliphatic heterocycles. The first-order valence-electron chi connectivity index (χ1n) is 7.59. The van der Waals surface area contributed by atoms with Crippen molar-refractivity contribution in [3.63, 3.8) is 0 Å². The van der Waals surface area contributed by atoms with E-state index in [9.17, 15) is 4.79 Å². The maximum absolute atomic E-state index is 11.4. The highest BCUT2D eigenvalue weighted by molar-refractivity contribution is 5.97. The Morgan fingerprint density at radius 2 is 1.87 bits per heavy atom. The SMILES string of the molecule is CCNc1ccc(Oc2ccc3cc(C(C)=O)ccc3n2)cc1. The first-order chi connectivity index (χ1) is 11.2. The predicted molar refractivity (Wildman–Crippen MR) is 92.4 cm³/mol. The molecule has 0 atom stereocenters. The van der Waals surface area contributed by atoms with Gasteiger partial charge in [-0.2, -0.15) is 0 Å². The number of aromatic nitrogens is 1. The van der Waals surface area contributed by atoms with Gasteiger partial charge in [-0.25, -0.2) is 4.98 Å². The van der Waals surface area contributed by atoms with Crippen molar-refractivity contribution >= 4 is 22.4 Å². The van der Waals surface area contributed by atoms with Crippen LogP contribution in [0.25, 0.3) is 10.9 Å². The molecule has 3 rings (SSSR count). The maximum Gasteiger partial charge on any atom is 0.219 e. The number of Topliss-reactive ketones (excluding diaryl/α,β-unsaturated/α-hetero) is 1. The molecule has 0 fully saturated rings. The summed E-state index contributed by atoms with van der Waals surface area (Å²) in [6, 6.07) is 16.9. The van der Waals surface area contributed by atoms with Crippen LogP contribution in [0.1, 0.15) is 24.2 Å². The van der Waals surface area contributed by atoms with E-state index in [1.807, 2.05) is 48.5 Å². The molecular weight excluding hydrogens is 288 g/mol. The van der Waals surface area contributed by atoms with Gasteiger partial charge in [0.2, 0.25) is 5.88 Å². The molecule has 3 aromatic rings. The molecular formula is C19H18N2O2. The van der Waals surface area contributed by atoms with Crippen molar-refractivity contribution in [3.05, 3.63) is 60.2 Å². The van der Waals surface area contributed by atoms with E-state index in [0.717, 1.165) is 28.9 Å². The van der Waals surface area contributed by atoms with Gasteiger partial charge in [0, 0.05) is 29.2 Å². The highest BCUT2D eigenvalue weighted by Gasteiger charge is 2.04. The molecule has 0 spiro atoms. The largest absolute Gasteiger partial charge is 0.439 e. The molecule has 1 aromatic heterocycles. The van der Waals surface area contributed by atoms with Gasteiger partial charge in [0.25, 0.3) is 0 Å². The van der Waals surface area contributed by atoms with Crippen molar-refractivity contribution in [1.29, 1.82) is 0 Å². The molecule has 0 aliphatic carbocycles. The second-order valence-corrected chi connectivity index (χ2v) is 5.27. The van der Waals surface area contributed by atoms with E-state index in [-0.39, 0.29) is 5.78 Å². The van der Waals surface area contributed by atoms with Gasteiger partial charge >= 0.3 is 0 Å². The average Bonchev–Trinajstić information content (AvgIpc) is 2.56. The molecule has 0 unspecified atom stereocenters. The minimum atomic E-state index is 0.0491. The molecule has 1 heterocycles. The van der Waals surface area contributed by atoms with Crippen molar-refractivity contribution in [2.75, 3.05) is 11.9 Å². The summed E-state index contributed by atoms with van der Waals surface area (Å²) in [6.07, 6.45) is 0. The zero-order chi connectivity index (χ0) is 16.2. The smallest absolute Gasteiger partial charge is 0.219 e. The fourth-order valence-electron chi connectivity index (χ4n) is 2.35. The third-order valence-electron chi connectivity index (χ3n) is 3.53. The monoisotopic (exact) mass is 306 g/mol. The minimum Gasteiger partial charge on any atom is -0.439 e. The number of carbonyl (C=O) groups excluding carboxylic acids is 1. The van der Waals surface area contributed by atoms with Gasteiger partial charge in [0.1, 0.15) is 5.75 Å². The Morgan fingerprint density at radius 1 is 1.09 bits per heavy atom.